The van der Waals surface area contributed by atoms with E-state index in [4.69, 9.17) is 8.42 Å². The number of rotatable bonds is 1. The summed E-state index contributed by atoms with van der Waals surface area (Å²) in [6, 6.07) is 11.4. The van der Waals surface area contributed by atoms with Crippen molar-refractivity contribution in [3.05, 3.63) is 59.2 Å². The number of alkyl halides is 3. The quantitative estimate of drug-likeness (QED) is 0.786. The zero-order chi connectivity index (χ0) is 16.9. The van der Waals surface area contributed by atoms with E-state index in [0.717, 1.165) is 11.6 Å². The van der Waals surface area contributed by atoms with Gasteiger partial charge >= 0.3 is 6.18 Å². The maximum atomic E-state index is 13.0. The summed E-state index contributed by atoms with van der Waals surface area (Å²) < 4.78 is 56.8. The molecule has 0 aromatic heterocycles. The molecular weight excluding hydrogens is 315 g/mol. The van der Waals surface area contributed by atoms with Gasteiger partial charge in [0, 0.05) is 0 Å². The second kappa shape index (κ2) is 7.42. The summed E-state index contributed by atoms with van der Waals surface area (Å²) in [5.74, 6) is 0. The molecule has 2 N–H and O–H groups in total. The van der Waals surface area contributed by atoms with Gasteiger partial charge in [-0.1, -0.05) is 36.4 Å². The zero-order valence-corrected chi connectivity index (χ0v) is 12.9. The van der Waals surface area contributed by atoms with Crippen molar-refractivity contribution < 1.29 is 21.6 Å². The van der Waals surface area contributed by atoms with Gasteiger partial charge in [0.25, 0.3) is 0 Å². The minimum absolute atomic E-state index is 0.281. The van der Waals surface area contributed by atoms with Crippen molar-refractivity contribution in [2.24, 2.45) is 5.14 Å². The molecule has 0 amide bonds. The Morgan fingerprint density at radius 2 is 1.45 bits per heavy atom. The minimum Gasteiger partial charge on any atom is -0.231 e. The summed E-state index contributed by atoms with van der Waals surface area (Å²) >= 11 is 0. The number of thiol groups is 1. The maximum absolute atomic E-state index is 13.0. The van der Waals surface area contributed by atoms with E-state index in [1.165, 1.54) is 6.07 Å². The number of hydrogen-bond donors (Lipinski definition) is 2. The highest BCUT2D eigenvalue weighted by Crippen LogP contribution is 2.39. The summed E-state index contributed by atoms with van der Waals surface area (Å²) in [7, 11) is -2.62. The second-order valence-electron chi connectivity index (χ2n) is 4.58. The van der Waals surface area contributed by atoms with Crippen LogP contribution < -0.4 is 5.14 Å². The Bertz CT molecular complexity index is 703. The van der Waals surface area contributed by atoms with Gasteiger partial charge in [0.05, 0.1) is 5.56 Å². The van der Waals surface area contributed by atoms with E-state index < -0.39 is 22.6 Å². The van der Waals surface area contributed by atoms with Crippen LogP contribution in [0.3, 0.4) is 0 Å². The summed E-state index contributed by atoms with van der Waals surface area (Å²) in [4.78, 5) is 0. The first-order valence-electron chi connectivity index (χ1n) is 6.26. The third kappa shape index (κ3) is 4.85. The fraction of sp³-hybridized carbons (Fsp3) is 0.200. The van der Waals surface area contributed by atoms with Gasteiger partial charge in [-0.15, -0.1) is 0 Å². The van der Waals surface area contributed by atoms with Crippen LogP contribution in [0.2, 0.25) is 0 Å². The van der Waals surface area contributed by atoms with Crippen molar-refractivity contribution >= 4 is 10.9 Å². The van der Waals surface area contributed by atoms with Gasteiger partial charge in [-0.05, 0) is 42.2 Å². The zero-order valence-electron chi connectivity index (χ0n) is 12.0. The predicted octanol–water partition coefficient (Wildman–Crippen LogP) is 3.46. The highest BCUT2D eigenvalue weighted by atomic mass is 32.2. The monoisotopic (exact) mass is 331 g/mol. The lowest BCUT2D eigenvalue weighted by Crippen LogP contribution is -2.08. The Morgan fingerprint density at radius 1 is 0.955 bits per heavy atom. The van der Waals surface area contributed by atoms with Crippen molar-refractivity contribution in [2.75, 3.05) is 0 Å². The molecule has 2 rings (SSSR count). The highest BCUT2D eigenvalue weighted by Gasteiger charge is 2.34. The molecule has 0 aliphatic carbocycles. The van der Waals surface area contributed by atoms with Crippen LogP contribution in [0.5, 0.6) is 0 Å². The lowest BCUT2D eigenvalue weighted by atomic mass is 9.92. The molecule has 22 heavy (non-hydrogen) atoms. The molecule has 0 saturated carbocycles. The molecule has 0 heterocycles. The van der Waals surface area contributed by atoms with Crippen molar-refractivity contribution in [3.8, 4) is 11.1 Å². The fourth-order valence-corrected chi connectivity index (χ4v) is 2.03. The van der Waals surface area contributed by atoms with Gasteiger partial charge in [-0.25, -0.2) is 13.6 Å². The molecule has 0 aliphatic rings. The van der Waals surface area contributed by atoms with Gasteiger partial charge in [0.2, 0.25) is 0 Å². The number of aryl methyl sites for hydroxylation is 1. The summed E-state index contributed by atoms with van der Waals surface area (Å²) in [6.07, 6.45) is -4.33. The van der Waals surface area contributed by atoms with Crippen molar-refractivity contribution in [1.29, 1.82) is 0 Å². The first kappa shape index (κ1) is 18.2. The normalized spacial score (nSPS) is 11.0. The Hall–Kier alpha value is -1.86. The van der Waals surface area contributed by atoms with E-state index in [1.807, 2.05) is 6.92 Å². The summed E-state index contributed by atoms with van der Waals surface area (Å²) in [5.41, 5.74) is 1.85. The SMILES string of the molecule is Cc1ccc(C(F)(F)F)c(-c2ccccc2)c1C.N[SH](=O)=O. The molecule has 0 aliphatic heterocycles. The van der Waals surface area contributed by atoms with Crippen LogP contribution in [0, 0.1) is 13.8 Å². The van der Waals surface area contributed by atoms with E-state index in [0.29, 0.717) is 11.1 Å². The number of benzene rings is 2. The smallest absolute Gasteiger partial charge is 0.231 e. The average Bonchev–Trinajstić information content (AvgIpc) is 2.40. The molecule has 0 fully saturated rings. The van der Waals surface area contributed by atoms with Crippen molar-refractivity contribution in [3.63, 3.8) is 0 Å². The van der Waals surface area contributed by atoms with E-state index in [9.17, 15) is 13.2 Å². The average molecular weight is 331 g/mol. The molecule has 0 atom stereocenters. The molecule has 0 saturated heterocycles. The molecule has 120 valence electrons. The largest absolute Gasteiger partial charge is 0.417 e. The lowest BCUT2D eigenvalue weighted by molar-refractivity contribution is -0.137. The molecule has 2 aromatic carbocycles. The number of halogens is 3. The third-order valence-corrected chi connectivity index (χ3v) is 3.10. The molecule has 0 radical (unpaired) electrons. The minimum atomic E-state index is -4.33. The van der Waals surface area contributed by atoms with Crippen LogP contribution in [0.1, 0.15) is 16.7 Å². The van der Waals surface area contributed by atoms with Crippen molar-refractivity contribution in [2.45, 2.75) is 20.0 Å². The van der Waals surface area contributed by atoms with Crippen LogP contribution >= 0.6 is 0 Å². The van der Waals surface area contributed by atoms with Crippen LogP contribution in [0.15, 0.2) is 42.5 Å². The predicted molar refractivity (Wildman–Crippen MR) is 80.9 cm³/mol. The van der Waals surface area contributed by atoms with Gasteiger partial charge in [0.15, 0.2) is 10.9 Å². The maximum Gasteiger partial charge on any atom is 0.417 e. The molecule has 0 unspecified atom stereocenters. The Kier molecular flexibility index (Phi) is 6.13. The van der Waals surface area contributed by atoms with E-state index in [-0.39, 0.29) is 5.56 Å². The van der Waals surface area contributed by atoms with Crippen LogP contribution in [-0.4, -0.2) is 8.42 Å². The van der Waals surface area contributed by atoms with E-state index in [1.54, 1.807) is 37.3 Å². The number of hydrogen-bond acceptors (Lipinski definition) is 2. The van der Waals surface area contributed by atoms with Crippen LogP contribution in [0.25, 0.3) is 11.1 Å². The second-order valence-corrected chi connectivity index (χ2v) is 5.15. The van der Waals surface area contributed by atoms with E-state index in [2.05, 4.69) is 5.14 Å². The van der Waals surface area contributed by atoms with Gasteiger partial charge < -0.3 is 0 Å². The summed E-state index contributed by atoms with van der Waals surface area (Å²) in [5, 5.41) is 4.06. The fourth-order valence-electron chi connectivity index (χ4n) is 2.03. The van der Waals surface area contributed by atoms with Crippen LogP contribution in [-0.2, 0) is 17.1 Å². The number of nitrogens with two attached hydrogens (primary N) is 1. The van der Waals surface area contributed by atoms with Crippen LogP contribution in [0.4, 0.5) is 13.2 Å². The lowest BCUT2D eigenvalue weighted by Gasteiger charge is -2.17. The molecule has 3 nitrogen and oxygen atoms in total. The molecule has 0 spiro atoms. The van der Waals surface area contributed by atoms with E-state index >= 15 is 0 Å². The Labute approximate surface area is 128 Å². The highest BCUT2D eigenvalue weighted by molar-refractivity contribution is 7.69. The standard InChI is InChI=1S/C15H13F3.H3NO2S/c1-10-8-9-13(15(16,17)18)14(11(10)2)12-6-4-3-5-7-12;1-4(2)3/h3-9H,1-2H3;4H,(H2,1,2,3). The van der Waals surface area contributed by atoms with Gasteiger partial charge in [0.1, 0.15) is 0 Å². The van der Waals surface area contributed by atoms with Gasteiger partial charge in [-0.2, -0.15) is 13.2 Å². The Balaban J connectivity index is 0.000000541. The first-order valence-corrected chi connectivity index (χ1v) is 7.51. The molecule has 0 bridgehead atoms. The summed E-state index contributed by atoms with van der Waals surface area (Å²) in [6.45, 7) is 3.55. The molecule has 2 aromatic rings. The third-order valence-electron chi connectivity index (χ3n) is 3.10. The topological polar surface area (TPSA) is 60.2 Å². The van der Waals surface area contributed by atoms with Crippen molar-refractivity contribution in [1.82, 2.24) is 0 Å². The molecular formula is C15H16F3NO2S. The molecule has 7 heteroatoms. The Morgan fingerprint density at radius 3 is 1.91 bits per heavy atom. The first-order chi connectivity index (χ1) is 10.1. The van der Waals surface area contributed by atoms with Gasteiger partial charge in [-0.3, -0.25) is 0 Å².